The fourth-order valence-corrected chi connectivity index (χ4v) is 1.27. The van der Waals surface area contributed by atoms with Crippen LogP contribution >= 0.6 is 0 Å². The summed E-state index contributed by atoms with van der Waals surface area (Å²) in [5.41, 5.74) is -3.36. The third-order valence-electron chi connectivity index (χ3n) is 2.07. The Balaban J connectivity index is 3.33. The van der Waals surface area contributed by atoms with Gasteiger partial charge in [-0.15, -0.1) is 0 Å². The van der Waals surface area contributed by atoms with Gasteiger partial charge in [-0.2, -0.15) is 26.3 Å². The molecule has 0 radical (unpaired) electrons. The van der Waals surface area contributed by atoms with Gasteiger partial charge in [-0.05, 0) is 23.8 Å². The molecule has 0 unspecified atom stereocenters. The molecule has 0 heterocycles. The van der Waals surface area contributed by atoms with E-state index in [1.165, 1.54) is 0 Å². The molecule has 0 fully saturated rings. The van der Waals surface area contributed by atoms with Crippen molar-refractivity contribution in [2.24, 2.45) is 0 Å². The van der Waals surface area contributed by atoms with Crippen molar-refractivity contribution in [3.8, 4) is 0 Å². The van der Waals surface area contributed by atoms with Crippen molar-refractivity contribution in [2.75, 3.05) is 0 Å². The molecule has 1 rings (SSSR count). The van der Waals surface area contributed by atoms with Crippen LogP contribution < -0.4 is 0 Å². The van der Waals surface area contributed by atoms with Crippen LogP contribution in [0.4, 0.5) is 26.3 Å². The molecule has 9 heteroatoms. The van der Waals surface area contributed by atoms with E-state index in [4.69, 9.17) is 10.0 Å². The summed E-state index contributed by atoms with van der Waals surface area (Å²) in [4.78, 5) is 0. The molecule has 2 nitrogen and oxygen atoms in total. The molecular formula is C10H7BF6O2. The summed E-state index contributed by atoms with van der Waals surface area (Å²) in [5, 5.41) is 17.0. The van der Waals surface area contributed by atoms with Gasteiger partial charge in [0.15, 0.2) is 0 Å². The molecule has 0 aliphatic carbocycles. The molecule has 0 saturated heterocycles. The third-order valence-corrected chi connectivity index (χ3v) is 2.07. The average molecular weight is 284 g/mol. The average Bonchev–Trinajstić information content (AvgIpc) is 2.23. The SMILES string of the molecule is OB(O)/C=C/c1cc(C(F)(F)F)cc(C(F)(F)F)c1. The lowest BCUT2D eigenvalue weighted by atomic mass is 9.90. The summed E-state index contributed by atoms with van der Waals surface area (Å²) < 4.78 is 74.7. The maximum absolute atomic E-state index is 12.4. The minimum Gasteiger partial charge on any atom is -0.424 e. The Morgan fingerprint density at radius 3 is 1.58 bits per heavy atom. The lowest BCUT2D eigenvalue weighted by molar-refractivity contribution is -0.143. The van der Waals surface area contributed by atoms with E-state index >= 15 is 0 Å². The van der Waals surface area contributed by atoms with Crippen LogP contribution in [0.2, 0.25) is 0 Å². The summed E-state index contributed by atoms with van der Waals surface area (Å²) >= 11 is 0. The topological polar surface area (TPSA) is 40.5 Å². The maximum atomic E-state index is 12.4. The highest BCUT2D eigenvalue weighted by Crippen LogP contribution is 2.36. The van der Waals surface area contributed by atoms with E-state index in [9.17, 15) is 26.3 Å². The highest BCUT2D eigenvalue weighted by Gasteiger charge is 2.36. The number of hydrogen-bond donors (Lipinski definition) is 2. The summed E-state index contributed by atoms with van der Waals surface area (Å²) in [5.74, 6) is 0.648. The van der Waals surface area contributed by atoms with E-state index in [-0.39, 0.29) is 6.07 Å². The summed E-state index contributed by atoms with van der Waals surface area (Å²) in [6, 6.07) is 0.953. The zero-order chi connectivity index (χ0) is 14.8. The number of halogens is 6. The van der Waals surface area contributed by atoms with Gasteiger partial charge in [-0.3, -0.25) is 0 Å². The first-order valence-electron chi connectivity index (χ1n) is 4.84. The first kappa shape index (κ1) is 15.6. The standard InChI is InChI=1S/C10H7BF6O2/c12-9(13,14)7-3-6(1-2-11(18)19)4-8(5-7)10(15,16)17/h1-5,18-19H/b2-1+. The summed E-state index contributed by atoms with van der Waals surface area (Å²) in [6.07, 6.45) is -9.10. The van der Waals surface area contributed by atoms with Crippen molar-refractivity contribution >= 4 is 13.2 Å². The monoisotopic (exact) mass is 284 g/mol. The molecule has 19 heavy (non-hydrogen) atoms. The van der Waals surface area contributed by atoms with Gasteiger partial charge in [-0.25, -0.2) is 0 Å². The van der Waals surface area contributed by atoms with Crippen LogP contribution in [0.1, 0.15) is 16.7 Å². The van der Waals surface area contributed by atoms with Crippen LogP contribution in [0, 0.1) is 0 Å². The minimum atomic E-state index is -4.93. The second kappa shape index (κ2) is 5.26. The van der Waals surface area contributed by atoms with Gasteiger partial charge in [0, 0.05) is 0 Å². The van der Waals surface area contributed by atoms with E-state index in [0.29, 0.717) is 18.1 Å². The molecule has 0 aliphatic heterocycles. The molecule has 0 atom stereocenters. The van der Waals surface area contributed by atoms with Gasteiger partial charge in [-0.1, -0.05) is 12.1 Å². The van der Waals surface area contributed by atoms with Crippen molar-refractivity contribution in [1.82, 2.24) is 0 Å². The van der Waals surface area contributed by atoms with Gasteiger partial charge >= 0.3 is 19.5 Å². The van der Waals surface area contributed by atoms with E-state index in [0.717, 1.165) is 6.08 Å². The predicted molar refractivity (Wildman–Crippen MR) is 55.7 cm³/mol. The second-order valence-electron chi connectivity index (χ2n) is 3.61. The number of benzene rings is 1. The summed E-state index contributed by atoms with van der Waals surface area (Å²) in [6.45, 7) is 0. The molecule has 2 N–H and O–H groups in total. The van der Waals surface area contributed by atoms with Crippen molar-refractivity contribution in [3.63, 3.8) is 0 Å². The molecule has 0 amide bonds. The predicted octanol–water partition coefficient (Wildman–Crippen LogP) is 2.75. The van der Waals surface area contributed by atoms with Crippen LogP contribution in [0.3, 0.4) is 0 Å². The highest BCUT2D eigenvalue weighted by atomic mass is 19.4. The normalized spacial score (nSPS) is 13.1. The molecule has 0 bridgehead atoms. The minimum absolute atomic E-state index is 0.00723. The maximum Gasteiger partial charge on any atom is 0.480 e. The molecule has 0 saturated carbocycles. The Hall–Kier alpha value is -1.48. The van der Waals surface area contributed by atoms with Crippen LogP contribution in [0.15, 0.2) is 24.2 Å². The second-order valence-corrected chi connectivity index (χ2v) is 3.61. The number of hydrogen-bond acceptors (Lipinski definition) is 2. The summed E-state index contributed by atoms with van der Waals surface area (Å²) in [7, 11) is -1.97. The van der Waals surface area contributed by atoms with E-state index < -0.39 is 36.2 Å². The van der Waals surface area contributed by atoms with Crippen molar-refractivity contribution in [1.29, 1.82) is 0 Å². The largest absolute Gasteiger partial charge is 0.480 e. The number of alkyl halides is 6. The smallest absolute Gasteiger partial charge is 0.424 e. The van der Waals surface area contributed by atoms with Crippen molar-refractivity contribution in [3.05, 3.63) is 40.9 Å². The Morgan fingerprint density at radius 2 is 1.26 bits per heavy atom. The van der Waals surface area contributed by atoms with Crippen LogP contribution in [-0.2, 0) is 12.4 Å². The van der Waals surface area contributed by atoms with Crippen LogP contribution in [0.25, 0.3) is 6.08 Å². The molecule has 1 aromatic rings. The van der Waals surface area contributed by atoms with E-state index in [1.54, 1.807) is 0 Å². The fourth-order valence-electron chi connectivity index (χ4n) is 1.27. The highest BCUT2D eigenvalue weighted by molar-refractivity contribution is 6.48. The quantitative estimate of drug-likeness (QED) is 0.647. The molecule has 1 aromatic carbocycles. The fraction of sp³-hybridized carbons (Fsp3) is 0.200. The Labute approximate surface area is 104 Å². The van der Waals surface area contributed by atoms with Gasteiger partial charge in [0.2, 0.25) is 0 Å². The Bertz CT molecular complexity index is 446. The third kappa shape index (κ3) is 4.60. The van der Waals surface area contributed by atoms with E-state index in [2.05, 4.69) is 0 Å². The van der Waals surface area contributed by atoms with Gasteiger partial charge in [0.1, 0.15) is 0 Å². The lowest BCUT2D eigenvalue weighted by Gasteiger charge is -2.12. The zero-order valence-electron chi connectivity index (χ0n) is 9.13. The molecule has 104 valence electrons. The van der Waals surface area contributed by atoms with Crippen molar-refractivity contribution < 1.29 is 36.4 Å². The molecular weight excluding hydrogens is 277 g/mol. The lowest BCUT2D eigenvalue weighted by Crippen LogP contribution is -2.11. The molecule has 0 aliphatic rings. The number of rotatable bonds is 2. The Kier molecular flexibility index (Phi) is 4.31. The first-order chi connectivity index (χ1) is 8.50. The first-order valence-corrected chi connectivity index (χ1v) is 4.84. The zero-order valence-corrected chi connectivity index (χ0v) is 9.13. The van der Waals surface area contributed by atoms with Gasteiger partial charge in [0.05, 0.1) is 11.1 Å². The van der Waals surface area contributed by atoms with E-state index in [1.807, 2.05) is 0 Å². The van der Waals surface area contributed by atoms with Crippen LogP contribution in [0.5, 0.6) is 0 Å². The van der Waals surface area contributed by atoms with Crippen molar-refractivity contribution in [2.45, 2.75) is 12.4 Å². The molecule has 0 aromatic heterocycles. The van der Waals surface area contributed by atoms with Crippen LogP contribution in [-0.4, -0.2) is 17.2 Å². The molecule has 0 spiro atoms. The Morgan fingerprint density at radius 1 is 0.842 bits per heavy atom. The van der Waals surface area contributed by atoms with Gasteiger partial charge < -0.3 is 10.0 Å². The van der Waals surface area contributed by atoms with Gasteiger partial charge in [0.25, 0.3) is 0 Å².